The van der Waals surface area contributed by atoms with Crippen molar-refractivity contribution in [3.63, 3.8) is 0 Å². The maximum Gasteiger partial charge on any atom is 0.187 e. The van der Waals surface area contributed by atoms with Crippen LogP contribution in [0.2, 0.25) is 0 Å². The zero-order valence-electron chi connectivity index (χ0n) is 52.0. The molecule has 0 amide bonds. The molecule has 0 aromatic carbocycles. The van der Waals surface area contributed by atoms with Crippen molar-refractivity contribution in [1.29, 1.82) is 0 Å². The normalized spacial score (nSPS) is 51.4. The molecule has 0 bridgehead atoms. The molecule has 8 fully saturated rings. The van der Waals surface area contributed by atoms with Crippen molar-refractivity contribution in [2.45, 2.75) is 278 Å². The molecule has 5 heterocycles. The number of allylic oxidation sites excluding steroid dienone is 1. The van der Waals surface area contributed by atoms with Crippen LogP contribution in [0.15, 0.2) is 11.6 Å². The van der Waals surface area contributed by atoms with Gasteiger partial charge in [0.25, 0.3) is 0 Å². The molecule has 0 aromatic rings. The fourth-order valence-corrected chi connectivity index (χ4v) is 16.8. The fraction of sp³-hybridized carbons (Fsp3) is 0.950. The van der Waals surface area contributed by atoms with E-state index in [0.717, 1.165) is 5.57 Å². The molecule has 30 heteroatoms. The summed E-state index contributed by atoms with van der Waals surface area (Å²) in [5.41, 5.74) is -4.12. The van der Waals surface area contributed by atoms with Crippen LogP contribution in [-0.2, 0) is 52.2 Å². The maximum atomic E-state index is 15.2. The molecule has 35 atom stereocenters. The van der Waals surface area contributed by atoms with Crippen LogP contribution in [0.1, 0.15) is 100 Å². The minimum atomic E-state index is -1.99. The third kappa shape index (κ3) is 12.9. The number of fused-ring (bicyclic) bond motifs is 5. The molecule has 0 spiro atoms. The quantitative estimate of drug-likeness (QED) is 0.0539. The molecule has 5 aliphatic heterocycles. The van der Waals surface area contributed by atoms with E-state index in [-0.39, 0.29) is 30.0 Å². The number of rotatable bonds is 20. The average molecular weight is 1300 g/mol. The molecule has 30 nitrogen and oxygen atoms in total. The van der Waals surface area contributed by atoms with E-state index in [4.69, 9.17) is 47.4 Å². The van der Waals surface area contributed by atoms with E-state index in [9.17, 15) is 97.0 Å². The van der Waals surface area contributed by atoms with Crippen LogP contribution in [0, 0.1) is 45.3 Å². The third-order valence-corrected chi connectivity index (χ3v) is 22.6. The topological polar surface area (TPSA) is 494 Å². The van der Waals surface area contributed by atoms with Gasteiger partial charge in [0.05, 0.1) is 56.9 Å². The molecule has 9 rings (SSSR count). The standard InChI is InChI=1S/C60H100O30/c1-22(9-11-34(57(4,5)80)89-55-49(90-54-48(79)42(73)37(68)29(19-63)85-54)44(75)39(70)31(87-55)21-82-52-46(77)41(72)36(67)28(18-62)84-52)23-13-14-58(6)50-26(64)15-25-24(60(50,8)32(65)16-59(23,58)7)10-12-33(56(25,2)3)88-53-47(78)43(74)38(69)30(86-53)20-81-51-45(76)40(71)35(66)27(17-61)83-51/h15,22-24,27-55,61-63,65-80H,9-14,16-21H2,1-8H3. The molecule has 5 saturated heterocycles. The fourth-order valence-electron chi connectivity index (χ4n) is 16.8. The van der Waals surface area contributed by atoms with Gasteiger partial charge in [-0.15, -0.1) is 0 Å². The minimum Gasteiger partial charge on any atom is -0.394 e. The Balaban J connectivity index is 0.896. The molecule has 4 aliphatic carbocycles. The molecule has 90 heavy (non-hydrogen) atoms. The highest BCUT2D eigenvalue weighted by atomic mass is 16.8. The number of ether oxygens (including phenoxy) is 10. The summed E-state index contributed by atoms with van der Waals surface area (Å²) in [6.45, 7) is 11.5. The van der Waals surface area contributed by atoms with Crippen molar-refractivity contribution >= 4 is 5.78 Å². The lowest BCUT2D eigenvalue weighted by molar-refractivity contribution is -0.380. The van der Waals surface area contributed by atoms with E-state index >= 15 is 4.79 Å². The van der Waals surface area contributed by atoms with E-state index in [1.54, 1.807) is 6.08 Å². The average Bonchev–Trinajstić information content (AvgIpc) is 1.28. The lowest BCUT2D eigenvalue weighted by Crippen LogP contribution is -2.67. The lowest BCUT2D eigenvalue weighted by atomic mass is 9.38. The van der Waals surface area contributed by atoms with E-state index in [1.165, 1.54) is 13.8 Å². The van der Waals surface area contributed by atoms with Gasteiger partial charge in [-0.05, 0) is 93.5 Å². The molecular formula is C60H100O30. The van der Waals surface area contributed by atoms with Crippen molar-refractivity contribution in [3.05, 3.63) is 11.6 Å². The Labute approximate surface area is 521 Å². The second-order valence-corrected chi connectivity index (χ2v) is 28.7. The van der Waals surface area contributed by atoms with Gasteiger partial charge in [-0.25, -0.2) is 0 Å². The van der Waals surface area contributed by atoms with Gasteiger partial charge in [0.15, 0.2) is 37.2 Å². The second kappa shape index (κ2) is 27.6. The number of ketones is 1. The predicted molar refractivity (Wildman–Crippen MR) is 301 cm³/mol. The van der Waals surface area contributed by atoms with Crippen LogP contribution in [0.5, 0.6) is 0 Å². The highest BCUT2D eigenvalue weighted by molar-refractivity contribution is 5.95. The van der Waals surface area contributed by atoms with Gasteiger partial charge in [-0.1, -0.05) is 47.1 Å². The summed E-state index contributed by atoms with van der Waals surface area (Å²) in [7, 11) is 0. The third-order valence-electron chi connectivity index (χ3n) is 22.6. The molecule has 520 valence electrons. The largest absolute Gasteiger partial charge is 0.394 e. The van der Waals surface area contributed by atoms with Gasteiger partial charge in [0, 0.05) is 16.7 Å². The highest BCUT2D eigenvalue weighted by Crippen LogP contribution is 2.74. The van der Waals surface area contributed by atoms with Crippen molar-refractivity contribution in [3.8, 4) is 0 Å². The van der Waals surface area contributed by atoms with E-state index in [0.29, 0.717) is 38.5 Å². The first kappa shape index (κ1) is 72.5. The van der Waals surface area contributed by atoms with Gasteiger partial charge in [0.2, 0.25) is 0 Å². The van der Waals surface area contributed by atoms with E-state index in [2.05, 4.69) is 13.8 Å². The first-order chi connectivity index (χ1) is 42.0. The Hall–Kier alpha value is -1.75. The Morgan fingerprint density at radius 2 is 0.967 bits per heavy atom. The number of aliphatic hydroxyl groups excluding tert-OH is 18. The number of hydrogen-bond donors (Lipinski definition) is 19. The second-order valence-electron chi connectivity index (χ2n) is 28.7. The van der Waals surface area contributed by atoms with Crippen molar-refractivity contribution in [1.82, 2.24) is 0 Å². The molecule has 35 unspecified atom stereocenters. The molecular weight excluding hydrogens is 1200 g/mol. The monoisotopic (exact) mass is 1300 g/mol. The molecule has 0 radical (unpaired) electrons. The van der Waals surface area contributed by atoms with Gasteiger partial charge < -0.3 is 144 Å². The number of hydrogen-bond acceptors (Lipinski definition) is 30. The lowest BCUT2D eigenvalue weighted by Gasteiger charge is -2.66. The Morgan fingerprint density at radius 3 is 1.46 bits per heavy atom. The Bertz CT molecular complexity index is 2430. The summed E-state index contributed by atoms with van der Waals surface area (Å²) in [6, 6.07) is 0. The number of aliphatic hydroxyl groups is 19. The van der Waals surface area contributed by atoms with Crippen LogP contribution < -0.4 is 0 Å². The van der Waals surface area contributed by atoms with Crippen LogP contribution in [0.25, 0.3) is 0 Å². The number of carbonyl (C=O) groups is 1. The minimum absolute atomic E-state index is 0.0979. The van der Waals surface area contributed by atoms with E-state index < -0.39 is 238 Å². The number of carbonyl (C=O) groups excluding carboxylic acids is 1. The van der Waals surface area contributed by atoms with Crippen LogP contribution >= 0.6 is 0 Å². The highest BCUT2D eigenvalue weighted by Gasteiger charge is 2.72. The van der Waals surface area contributed by atoms with Crippen molar-refractivity contribution in [2.75, 3.05) is 33.0 Å². The Kier molecular flexibility index (Phi) is 22.3. The SMILES string of the molecule is CC(CCC(OC1OC(COC2OC(CO)C(O)C(O)C2O)C(O)C(O)C1OC1OC(CO)C(O)C(O)C1O)C(C)(C)O)C1CCC2(C)C3C(=O)C=C4C(CCC(OC5OC(COC6OC(CO)C(O)C(O)C6O)C(O)C(O)C5O)C4(C)C)C3(C)C(O)CC12C. The predicted octanol–water partition coefficient (Wildman–Crippen LogP) is -6.23. The van der Waals surface area contributed by atoms with Crippen LogP contribution in [-0.4, -0.2) is 313 Å². The summed E-state index contributed by atoms with van der Waals surface area (Å²) in [4.78, 5) is 15.2. The van der Waals surface area contributed by atoms with Gasteiger partial charge in [-0.2, -0.15) is 0 Å². The first-order valence-corrected chi connectivity index (χ1v) is 31.5. The summed E-state index contributed by atoms with van der Waals surface area (Å²) in [5.74, 6) is -1.37. The van der Waals surface area contributed by atoms with E-state index in [1.807, 2.05) is 27.7 Å². The Morgan fingerprint density at radius 1 is 0.533 bits per heavy atom. The summed E-state index contributed by atoms with van der Waals surface area (Å²) in [6.07, 6.45) is -40.9. The zero-order valence-corrected chi connectivity index (χ0v) is 52.0. The van der Waals surface area contributed by atoms with Gasteiger partial charge in [0.1, 0.15) is 122 Å². The molecule has 9 aliphatic rings. The van der Waals surface area contributed by atoms with Crippen molar-refractivity contribution < 1.29 is 149 Å². The van der Waals surface area contributed by atoms with Gasteiger partial charge in [-0.3, -0.25) is 4.79 Å². The first-order valence-electron chi connectivity index (χ1n) is 31.5. The van der Waals surface area contributed by atoms with Crippen molar-refractivity contribution in [2.24, 2.45) is 45.3 Å². The summed E-state index contributed by atoms with van der Waals surface area (Å²) in [5, 5.41) is 205. The molecule has 3 saturated carbocycles. The molecule has 0 aromatic heterocycles. The van der Waals surface area contributed by atoms with Gasteiger partial charge >= 0.3 is 0 Å². The molecule has 19 N–H and O–H groups in total. The summed E-state index contributed by atoms with van der Waals surface area (Å²) >= 11 is 0. The zero-order chi connectivity index (χ0) is 66.4. The maximum absolute atomic E-state index is 15.2. The van der Waals surface area contributed by atoms with Crippen LogP contribution in [0.4, 0.5) is 0 Å². The summed E-state index contributed by atoms with van der Waals surface area (Å²) < 4.78 is 59.1. The van der Waals surface area contributed by atoms with Crippen LogP contribution in [0.3, 0.4) is 0 Å². The smallest absolute Gasteiger partial charge is 0.187 e.